The lowest BCUT2D eigenvalue weighted by Gasteiger charge is -2.19. The topological polar surface area (TPSA) is 33.0 Å². The average Bonchev–Trinajstić information content (AvgIpc) is 1.63. The van der Waals surface area contributed by atoms with Gasteiger partial charge in [0.1, 0.15) is 5.60 Å². The third kappa shape index (κ3) is 3.99. The van der Waals surface area contributed by atoms with Crippen LogP contribution in [0.15, 0.2) is 0 Å². The van der Waals surface area contributed by atoms with Crippen molar-refractivity contribution in [2.45, 2.75) is 39.4 Å². The number of hydrogen-bond donors (Lipinski definition) is 0. The molecule has 52 valence electrons. The number of rotatable bonds is 2. The predicted molar refractivity (Wildman–Crippen MR) is 35.9 cm³/mol. The minimum absolute atomic E-state index is 0.125. The second-order valence-electron chi connectivity index (χ2n) is 2.79. The molecule has 0 bridgehead atoms. The molecule has 0 fully saturated rings. The van der Waals surface area contributed by atoms with Gasteiger partial charge in [-0.1, -0.05) is 0 Å². The minimum atomic E-state index is -0.631. The van der Waals surface area contributed by atoms with Gasteiger partial charge in [0.05, 0.1) is 12.2 Å². The summed E-state index contributed by atoms with van der Waals surface area (Å²) in [7, 11) is 0. The zero-order valence-electron chi connectivity index (χ0n) is 6.43. The minimum Gasteiger partial charge on any atom is -0.358 e. The summed E-state index contributed by atoms with van der Waals surface area (Å²) in [6.45, 7) is 7.35. The zero-order chi connectivity index (χ0) is 7.49. The van der Waals surface area contributed by atoms with Gasteiger partial charge < -0.3 is 4.74 Å². The van der Waals surface area contributed by atoms with Crippen molar-refractivity contribution in [2.75, 3.05) is 0 Å². The van der Waals surface area contributed by atoms with E-state index in [4.69, 9.17) is 10.00 Å². The SMILES string of the molecule is CC(C)OC(C)(C)C#N. The van der Waals surface area contributed by atoms with Crippen molar-refractivity contribution in [3.05, 3.63) is 0 Å². The molecule has 0 aromatic rings. The maximum absolute atomic E-state index is 8.47. The standard InChI is InChI=1S/C7H13NO/c1-6(2)9-7(3,4)5-8/h6H,1-4H3. The summed E-state index contributed by atoms with van der Waals surface area (Å²) in [5.74, 6) is 0. The summed E-state index contributed by atoms with van der Waals surface area (Å²) in [5, 5.41) is 8.47. The van der Waals surface area contributed by atoms with Crippen LogP contribution in [0.3, 0.4) is 0 Å². The van der Waals surface area contributed by atoms with Gasteiger partial charge in [-0.15, -0.1) is 0 Å². The Balaban J connectivity index is 3.76. The van der Waals surface area contributed by atoms with Gasteiger partial charge in [-0.25, -0.2) is 0 Å². The van der Waals surface area contributed by atoms with Gasteiger partial charge in [-0.3, -0.25) is 0 Å². The predicted octanol–water partition coefficient (Wildman–Crippen LogP) is 1.71. The molecule has 2 heteroatoms. The van der Waals surface area contributed by atoms with E-state index >= 15 is 0 Å². The molecule has 0 aliphatic rings. The first-order valence-electron chi connectivity index (χ1n) is 3.07. The van der Waals surface area contributed by atoms with Crippen molar-refractivity contribution < 1.29 is 4.74 Å². The van der Waals surface area contributed by atoms with Crippen LogP contribution in [-0.2, 0) is 4.74 Å². The molecule has 0 N–H and O–H groups in total. The first-order valence-corrected chi connectivity index (χ1v) is 3.07. The molecule has 0 amide bonds. The second kappa shape index (κ2) is 2.84. The van der Waals surface area contributed by atoms with E-state index in [-0.39, 0.29) is 6.10 Å². The van der Waals surface area contributed by atoms with Crippen LogP contribution in [0.1, 0.15) is 27.7 Å². The fraction of sp³-hybridized carbons (Fsp3) is 0.857. The monoisotopic (exact) mass is 127 g/mol. The summed E-state index contributed by atoms with van der Waals surface area (Å²) in [4.78, 5) is 0. The van der Waals surface area contributed by atoms with Gasteiger partial charge in [0, 0.05) is 0 Å². The highest BCUT2D eigenvalue weighted by Crippen LogP contribution is 2.09. The van der Waals surface area contributed by atoms with Crippen LogP contribution in [0.25, 0.3) is 0 Å². The lowest BCUT2D eigenvalue weighted by Crippen LogP contribution is -2.25. The molecule has 0 rings (SSSR count). The quantitative estimate of drug-likeness (QED) is 0.565. The smallest absolute Gasteiger partial charge is 0.149 e. The van der Waals surface area contributed by atoms with Gasteiger partial charge in [0.15, 0.2) is 0 Å². The molecule has 0 radical (unpaired) electrons. The maximum atomic E-state index is 8.47. The van der Waals surface area contributed by atoms with Crippen molar-refractivity contribution >= 4 is 0 Å². The van der Waals surface area contributed by atoms with Gasteiger partial charge in [0.25, 0.3) is 0 Å². The summed E-state index contributed by atoms with van der Waals surface area (Å²) in [6, 6.07) is 2.05. The molecule has 0 saturated heterocycles. The van der Waals surface area contributed by atoms with Crippen molar-refractivity contribution in [3.63, 3.8) is 0 Å². The third-order valence-corrected chi connectivity index (χ3v) is 0.800. The van der Waals surface area contributed by atoms with Crippen LogP contribution in [-0.4, -0.2) is 11.7 Å². The zero-order valence-corrected chi connectivity index (χ0v) is 6.43. The van der Waals surface area contributed by atoms with Crippen LogP contribution in [0.2, 0.25) is 0 Å². The molecule has 2 nitrogen and oxygen atoms in total. The number of nitrogens with zero attached hydrogens (tertiary/aromatic N) is 1. The second-order valence-corrected chi connectivity index (χ2v) is 2.79. The van der Waals surface area contributed by atoms with Crippen LogP contribution in [0.5, 0.6) is 0 Å². The Morgan fingerprint density at radius 1 is 1.44 bits per heavy atom. The van der Waals surface area contributed by atoms with Crippen molar-refractivity contribution in [1.29, 1.82) is 5.26 Å². The van der Waals surface area contributed by atoms with Crippen LogP contribution >= 0.6 is 0 Å². The molecule has 0 aromatic heterocycles. The maximum Gasteiger partial charge on any atom is 0.149 e. The number of ether oxygens (including phenoxy) is 1. The van der Waals surface area contributed by atoms with Crippen LogP contribution < -0.4 is 0 Å². The summed E-state index contributed by atoms with van der Waals surface area (Å²) in [6.07, 6.45) is 0.125. The highest BCUT2D eigenvalue weighted by molar-refractivity contribution is 4.94. The highest BCUT2D eigenvalue weighted by Gasteiger charge is 2.17. The lowest BCUT2D eigenvalue weighted by atomic mass is 10.2. The Morgan fingerprint density at radius 2 is 1.89 bits per heavy atom. The summed E-state index contributed by atoms with van der Waals surface area (Å²) >= 11 is 0. The molecular weight excluding hydrogens is 114 g/mol. The molecule has 0 aliphatic heterocycles. The van der Waals surface area contributed by atoms with Gasteiger partial charge in [0.2, 0.25) is 0 Å². The molecule has 0 spiro atoms. The molecular formula is C7H13NO. The molecule has 9 heavy (non-hydrogen) atoms. The first-order chi connectivity index (χ1) is 3.98. The average molecular weight is 127 g/mol. The Labute approximate surface area is 56.4 Å². The fourth-order valence-electron chi connectivity index (χ4n) is 0.616. The van der Waals surface area contributed by atoms with Gasteiger partial charge in [-0.05, 0) is 27.7 Å². The lowest BCUT2D eigenvalue weighted by molar-refractivity contribution is -0.0174. The Bertz CT molecular complexity index is 121. The van der Waals surface area contributed by atoms with E-state index in [9.17, 15) is 0 Å². The van der Waals surface area contributed by atoms with E-state index < -0.39 is 5.60 Å². The van der Waals surface area contributed by atoms with Crippen LogP contribution in [0.4, 0.5) is 0 Å². The molecule has 0 unspecified atom stereocenters. The number of hydrogen-bond acceptors (Lipinski definition) is 2. The van der Waals surface area contributed by atoms with E-state index in [2.05, 4.69) is 6.07 Å². The molecule has 0 atom stereocenters. The van der Waals surface area contributed by atoms with E-state index in [1.807, 2.05) is 13.8 Å². The fourth-order valence-corrected chi connectivity index (χ4v) is 0.616. The summed E-state index contributed by atoms with van der Waals surface area (Å²) < 4.78 is 5.23. The first kappa shape index (κ1) is 8.45. The van der Waals surface area contributed by atoms with E-state index in [0.29, 0.717) is 0 Å². The van der Waals surface area contributed by atoms with Gasteiger partial charge in [-0.2, -0.15) is 5.26 Å². The molecule has 0 saturated carbocycles. The van der Waals surface area contributed by atoms with Crippen molar-refractivity contribution in [3.8, 4) is 6.07 Å². The van der Waals surface area contributed by atoms with E-state index in [1.54, 1.807) is 13.8 Å². The van der Waals surface area contributed by atoms with E-state index in [1.165, 1.54) is 0 Å². The molecule has 0 aliphatic carbocycles. The Morgan fingerprint density at radius 3 is 2.00 bits per heavy atom. The summed E-state index contributed by atoms with van der Waals surface area (Å²) in [5.41, 5.74) is -0.631. The van der Waals surface area contributed by atoms with Crippen molar-refractivity contribution in [1.82, 2.24) is 0 Å². The highest BCUT2D eigenvalue weighted by atomic mass is 16.5. The Kier molecular flexibility index (Phi) is 2.66. The molecule has 0 heterocycles. The van der Waals surface area contributed by atoms with Crippen molar-refractivity contribution in [2.24, 2.45) is 0 Å². The largest absolute Gasteiger partial charge is 0.358 e. The Hall–Kier alpha value is -0.550. The third-order valence-electron chi connectivity index (χ3n) is 0.800. The normalized spacial score (nSPS) is 11.6. The van der Waals surface area contributed by atoms with E-state index in [0.717, 1.165) is 0 Å². The van der Waals surface area contributed by atoms with Crippen LogP contribution in [0, 0.1) is 11.3 Å². The number of nitriles is 1. The molecule has 0 aromatic carbocycles. The van der Waals surface area contributed by atoms with Gasteiger partial charge >= 0.3 is 0 Å².